The number of benzene rings is 8. The topological polar surface area (TPSA) is 56.7 Å². The zero-order valence-electron chi connectivity index (χ0n) is 30.9. The largest absolute Gasteiger partial charge is 0.456 e. The van der Waals surface area contributed by atoms with E-state index in [0.717, 1.165) is 72.9 Å². The van der Waals surface area contributed by atoms with Gasteiger partial charge in [-0.05, 0) is 65.1 Å². The maximum absolute atomic E-state index is 6.19. The second-order valence-corrected chi connectivity index (χ2v) is 14.4. The summed E-state index contributed by atoms with van der Waals surface area (Å²) in [5, 5.41) is 4.63. The van der Waals surface area contributed by atoms with Crippen molar-refractivity contribution in [2.24, 2.45) is 0 Å². The van der Waals surface area contributed by atoms with Gasteiger partial charge in [0, 0.05) is 38.2 Å². The Morgan fingerprint density at radius 2 is 0.912 bits per heavy atom. The molecule has 0 atom stereocenters. The molecule has 3 heterocycles. The highest BCUT2D eigenvalue weighted by atomic mass is 16.3. The Hall–Kier alpha value is -7.63. The SMILES string of the molecule is c1ccc(Cc2ccc(-c3nc(-c4ccccc4)nc(-c4ccccc4)n3)cc2-n2c3ccccc3c3ccc(-c4ccc5oc6ccccc6c5c4)cc32)cc1. The number of hydrogen-bond acceptors (Lipinski definition) is 4. The van der Waals surface area contributed by atoms with Gasteiger partial charge in [0.2, 0.25) is 0 Å². The lowest BCUT2D eigenvalue weighted by Gasteiger charge is -2.17. The molecule has 5 nitrogen and oxygen atoms in total. The van der Waals surface area contributed by atoms with Gasteiger partial charge in [0.05, 0.1) is 16.7 Å². The Kier molecular flexibility index (Phi) is 7.81. The second-order valence-electron chi connectivity index (χ2n) is 14.4. The second kappa shape index (κ2) is 13.6. The molecule has 0 N–H and O–H groups in total. The molecule has 11 aromatic rings. The minimum atomic E-state index is 0.623. The fourth-order valence-electron chi connectivity index (χ4n) is 8.13. The van der Waals surface area contributed by atoms with E-state index in [0.29, 0.717) is 17.5 Å². The Labute approximate surface area is 329 Å². The standard InChI is InChI=1S/C52H34N4O/c1-4-14-34(15-5-1)30-39-24-25-40(52-54-50(35-16-6-2-7-17-35)53-51(55-52)36-18-8-3-9-19-36)33-46(39)56-45-22-12-10-20-41(45)42-28-26-38(32-47(42)56)37-27-29-49-44(31-37)43-21-11-13-23-48(43)57-49/h1-29,31-33H,30H2. The number of rotatable bonds is 7. The summed E-state index contributed by atoms with van der Waals surface area (Å²) >= 11 is 0. The summed E-state index contributed by atoms with van der Waals surface area (Å²) in [6.07, 6.45) is 0.760. The summed E-state index contributed by atoms with van der Waals surface area (Å²) in [6.45, 7) is 0. The third kappa shape index (κ3) is 5.85. The van der Waals surface area contributed by atoms with E-state index < -0.39 is 0 Å². The van der Waals surface area contributed by atoms with Crippen LogP contribution in [0.1, 0.15) is 11.1 Å². The first kappa shape index (κ1) is 32.8. The van der Waals surface area contributed by atoms with Crippen molar-refractivity contribution in [1.82, 2.24) is 19.5 Å². The highest BCUT2D eigenvalue weighted by molar-refractivity contribution is 6.11. The highest BCUT2D eigenvalue weighted by Crippen LogP contribution is 2.39. The lowest BCUT2D eigenvalue weighted by atomic mass is 10.00. The molecule has 0 radical (unpaired) electrons. The monoisotopic (exact) mass is 730 g/mol. The quantitative estimate of drug-likeness (QED) is 0.164. The maximum Gasteiger partial charge on any atom is 0.164 e. The number of para-hydroxylation sites is 2. The van der Waals surface area contributed by atoms with Crippen molar-refractivity contribution in [3.63, 3.8) is 0 Å². The van der Waals surface area contributed by atoms with Crippen LogP contribution in [-0.4, -0.2) is 19.5 Å². The molecule has 0 saturated heterocycles. The highest BCUT2D eigenvalue weighted by Gasteiger charge is 2.19. The van der Waals surface area contributed by atoms with Crippen LogP contribution in [0.2, 0.25) is 0 Å². The molecule has 8 aromatic carbocycles. The van der Waals surface area contributed by atoms with Crippen molar-refractivity contribution < 1.29 is 4.42 Å². The predicted octanol–water partition coefficient (Wildman–Crippen LogP) is 13.1. The summed E-state index contributed by atoms with van der Waals surface area (Å²) < 4.78 is 8.62. The molecule has 0 spiro atoms. The maximum atomic E-state index is 6.19. The normalized spacial score (nSPS) is 11.6. The molecule has 0 amide bonds. The van der Waals surface area contributed by atoms with Gasteiger partial charge in [0.1, 0.15) is 11.2 Å². The first-order chi connectivity index (χ1) is 28.2. The van der Waals surface area contributed by atoms with E-state index in [-0.39, 0.29) is 0 Å². The lowest BCUT2D eigenvalue weighted by Crippen LogP contribution is -2.04. The van der Waals surface area contributed by atoms with Crippen molar-refractivity contribution in [1.29, 1.82) is 0 Å². The average molecular weight is 731 g/mol. The van der Waals surface area contributed by atoms with Crippen LogP contribution in [-0.2, 0) is 6.42 Å². The van der Waals surface area contributed by atoms with Gasteiger partial charge < -0.3 is 8.98 Å². The molecular weight excluding hydrogens is 697 g/mol. The smallest absolute Gasteiger partial charge is 0.164 e. The van der Waals surface area contributed by atoms with E-state index in [1.165, 1.54) is 21.9 Å². The van der Waals surface area contributed by atoms with Crippen LogP contribution in [0.15, 0.2) is 199 Å². The first-order valence-corrected chi connectivity index (χ1v) is 19.2. The van der Waals surface area contributed by atoms with E-state index in [2.05, 4.69) is 126 Å². The molecular formula is C52H34N4O. The molecule has 11 rings (SSSR count). The Bertz CT molecular complexity index is 3200. The van der Waals surface area contributed by atoms with Crippen molar-refractivity contribution >= 4 is 43.7 Å². The third-order valence-corrected chi connectivity index (χ3v) is 10.9. The van der Waals surface area contributed by atoms with Gasteiger partial charge in [-0.25, -0.2) is 15.0 Å². The van der Waals surface area contributed by atoms with Gasteiger partial charge in [-0.15, -0.1) is 0 Å². The molecule has 0 bridgehead atoms. The minimum absolute atomic E-state index is 0.623. The zero-order chi connectivity index (χ0) is 37.7. The van der Waals surface area contributed by atoms with Crippen LogP contribution in [0.3, 0.4) is 0 Å². The number of nitrogens with zero attached hydrogens (tertiary/aromatic N) is 4. The number of furan rings is 1. The summed E-state index contributed by atoms with van der Waals surface area (Å²) in [7, 11) is 0. The molecule has 3 aromatic heterocycles. The third-order valence-electron chi connectivity index (χ3n) is 10.9. The van der Waals surface area contributed by atoms with E-state index in [1.807, 2.05) is 72.8 Å². The fourth-order valence-corrected chi connectivity index (χ4v) is 8.13. The van der Waals surface area contributed by atoms with Crippen LogP contribution in [0, 0.1) is 0 Å². The Morgan fingerprint density at radius 1 is 0.368 bits per heavy atom. The molecule has 0 aliphatic carbocycles. The van der Waals surface area contributed by atoms with Gasteiger partial charge in [0.15, 0.2) is 17.5 Å². The van der Waals surface area contributed by atoms with Gasteiger partial charge in [-0.1, -0.05) is 158 Å². The molecule has 0 aliphatic heterocycles. The lowest BCUT2D eigenvalue weighted by molar-refractivity contribution is 0.669. The van der Waals surface area contributed by atoms with Gasteiger partial charge in [-0.3, -0.25) is 0 Å². The summed E-state index contributed by atoms with van der Waals surface area (Å²) in [5.74, 6) is 1.90. The molecule has 0 aliphatic rings. The molecule has 0 unspecified atom stereocenters. The van der Waals surface area contributed by atoms with E-state index in [1.54, 1.807) is 0 Å². The summed E-state index contributed by atoms with van der Waals surface area (Å²) in [5.41, 5.74) is 12.6. The zero-order valence-corrected chi connectivity index (χ0v) is 30.9. The molecule has 0 saturated carbocycles. The van der Waals surface area contributed by atoms with E-state index in [9.17, 15) is 0 Å². The average Bonchev–Trinajstić information content (AvgIpc) is 3.82. The van der Waals surface area contributed by atoms with Gasteiger partial charge in [0.25, 0.3) is 0 Å². The number of aromatic nitrogens is 4. The first-order valence-electron chi connectivity index (χ1n) is 19.2. The summed E-state index contributed by atoms with van der Waals surface area (Å²) in [6, 6.07) is 67.9. The number of hydrogen-bond donors (Lipinski definition) is 0. The molecule has 5 heteroatoms. The van der Waals surface area contributed by atoms with E-state index in [4.69, 9.17) is 19.4 Å². The van der Waals surface area contributed by atoms with Crippen molar-refractivity contribution in [3.8, 4) is 51.0 Å². The summed E-state index contributed by atoms with van der Waals surface area (Å²) in [4.78, 5) is 15.2. The van der Waals surface area contributed by atoms with Gasteiger partial charge >= 0.3 is 0 Å². The van der Waals surface area contributed by atoms with E-state index >= 15 is 0 Å². The van der Waals surface area contributed by atoms with Crippen LogP contribution in [0.5, 0.6) is 0 Å². The van der Waals surface area contributed by atoms with Crippen molar-refractivity contribution in [2.45, 2.75) is 6.42 Å². The van der Waals surface area contributed by atoms with Crippen LogP contribution >= 0.6 is 0 Å². The molecule has 57 heavy (non-hydrogen) atoms. The van der Waals surface area contributed by atoms with Crippen molar-refractivity contribution in [2.75, 3.05) is 0 Å². The Balaban J connectivity index is 1.14. The fraction of sp³-hybridized carbons (Fsp3) is 0.0192. The van der Waals surface area contributed by atoms with Crippen molar-refractivity contribution in [3.05, 3.63) is 205 Å². The van der Waals surface area contributed by atoms with Crippen LogP contribution < -0.4 is 0 Å². The van der Waals surface area contributed by atoms with Gasteiger partial charge in [-0.2, -0.15) is 0 Å². The minimum Gasteiger partial charge on any atom is -0.456 e. The molecule has 0 fully saturated rings. The Morgan fingerprint density at radius 3 is 1.65 bits per heavy atom. The van der Waals surface area contributed by atoms with Crippen LogP contribution in [0.4, 0.5) is 0 Å². The predicted molar refractivity (Wildman–Crippen MR) is 232 cm³/mol. The number of fused-ring (bicyclic) bond motifs is 6. The molecule has 268 valence electrons. The van der Waals surface area contributed by atoms with Crippen LogP contribution in [0.25, 0.3) is 94.7 Å².